The topological polar surface area (TPSA) is 67.8 Å². The SMILES string of the molecule is CC(C)(C)OC=O.Oc1ccccc1OCC1CCCNC1. The highest BCUT2D eigenvalue weighted by molar-refractivity contribution is 5.38. The minimum atomic E-state index is -0.318. The van der Waals surface area contributed by atoms with E-state index in [1.807, 2.05) is 26.8 Å². The lowest BCUT2D eigenvalue weighted by Crippen LogP contribution is -2.33. The quantitative estimate of drug-likeness (QED) is 0.837. The maximum absolute atomic E-state index is 9.60. The molecule has 0 amide bonds. The second kappa shape index (κ2) is 9.30. The van der Waals surface area contributed by atoms with Crippen LogP contribution in [-0.2, 0) is 9.53 Å². The Balaban J connectivity index is 0.000000295. The number of para-hydroxylation sites is 2. The number of phenols is 1. The molecule has 0 spiro atoms. The van der Waals surface area contributed by atoms with Gasteiger partial charge in [-0.05, 0) is 52.3 Å². The van der Waals surface area contributed by atoms with Crippen LogP contribution in [0.3, 0.4) is 0 Å². The van der Waals surface area contributed by atoms with Gasteiger partial charge in [-0.15, -0.1) is 0 Å². The van der Waals surface area contributed by atoms with E-state index in [0.29, 0.717) is 24.7 Å². The van der Waals surface area contributed by atoms with Crippen LogP contribution in [0.5, 0.6) is 11.5 Å². The summed E-state index contributed by atoms with van der Waals surface area (Å²) in [6.07, 6.45) is 2.43. The zero-order chi connectivity index (χ0) is 16.4. The maximum atomic E-state index is 9.60. The van der Waals surface area contributed by atoms with Gasteiger partial charge in [-0.3, -0.25) is 4.79 Å². The third-order valence-corrected chi connectivity index (χ3v) is 3.14. The number of benzene rings is 1. The van der Waals surface area contributed by atoms with E-state index < -0.39 is 0 Å². The number of hydrogen-bond acceptors (Lipinski definition) is 5. The van der Waals surface area contributed by atoms with Crippen molar-refractivity contribution < 1.29 is 19.4 Å². The normalized spacial score (nSPS) is 17.9. The third-order valence-electron chi connectivity index (χ3n) is 3.14. The van der Waals surface area contributed by atoms with Crippen LogP contribution in [0.15, 0.2) is 24.3 Å². The molecule has 1 atom stereocenters. The molecule has 0 aromatic heterocycles. The zero-order valence-corrected chi connectivity index (χ0v) is 13.7. The van der Waals surface area contributed by atoms with Gasteiger partial charge in [-0.25, -0.2) is 0 Å². The summed E-state index contributed by atoms with van der Waals surface area (Å²) in [4.78, 5) is 9.60. The molecule has 1 aliphatic rings. The van der Waals surface area contributed by atoms with E-state index in [2.05, 4.69) is 10.1 Å². The smallest absolute Gasteiger partial charge is 0.293 e. The Labute approximate surface area is 132 Å². The Hall–Kier alpha value is -1.75. The molecule has 1 aromatic rings. The minimum Gasteiger partial charge on any atom is -0.504 e. The molecule has 2 N–H and O–H groups in total. The molecule has 124 valence electrons. The summed E-state index contributed by atoms with van der Waals surface area (Å²) >= 11 is 0. The number of piperidine rings is 1. The summed E-state index contributed by atoms with van der Waals surface area (Å²) in [6, 6.07) is 7.11. The minimum absolute atomic E-state index is 0.223. The Morgan fingerprint density at radius 3 is 2.59 bits per heavy atom. The van der Waals surface area contributed by atoms with Crippen molar-refractivity contribution in [2.24, 2.45) is 5.92 Å². The number of carbonyl (C=O) groups is 1. The fraction of sp³-hybridized carbons (Fsp3) is 0.588. The lowest BCUT2D eigenvalue weighted by Gasteiger charge is -2.22. The van der Waals surface area contributed by atoms with Crippen LogP contribution in [0.1, 0.15) is 33.6 Å². The number of phenolic OH excluding ortho intramolecular Hbond substituents is 1. The predicted molar refractivity (Wildman–Crippen MR) is 86.1 cm³/mol. The van der Waals surface area contributed by atoms with Gasteiger partial charge < -0.3 is 19.9 Å². The van der Waals surface area contributed by atoms with Crippen LogP contribution in [0.25, 0.3) is 0 Å². The number of ether oxygens (including phenoxy) is 2. The van der Waals surface area contributed by atoms with E-state index in [4.69, 9.17) is 4.74 Å². The number of nitrogens with one attached hydrogen (secondary N) is 1. The van der Waals surface area contributed by atoms with Gasteiger partial charge in [0.25, 0.3) is 6.47 Å². The summed E-state index contributed by atoms with van der Waals surface area (Å²) in [7, 11) is 0. The predicted octanol–water partition coefficient (Wildman–Crippen LogP) is 2.73. The molecule has 1 aliphatic heterocycles. The second-order valence-electron chi connectivity index (χ2n) is 6.32. The first kappa shape index (κ1) is 18.3. The molecule has 2 rings (SSSR count). The van der Waals surface area contributed by atoms with Crippen LogP contribution in [0.2, 0.25) is 0 Å². The second-order valence-corrected chi connectivity index (χ2v) is 6.32. The summed E-state index contributed by atoms with van der Waals surface area (Å²) < 4.78 is 10.1. The molecule has 1 aromatic carbocycles. The van der Waals surface area contributed by atoms with E-state index in [1.54, 1.807) is 18.2 Å². The van der Waals surface area contributed by atoms with Crippen LogP contribution < -0.4 is 10.1 Å². The van der Waals surface area contributed by atoms with Gasteiger partial charge in [0.15, 0.2) is 11.5 Å². The summed E-state index contributed by atoms with van der Waals surface area (Å²) in [6.45, 7) is 8.75. The third kappa shape index (κ3) is 7.88. The highest BCUT2D eigenvalue weighted by Crippen LogP contribution is 2.25. The van der Waals surface area contributed by atoms with Crippen LogP contribution >= 0.6 is 0 Å². The van der Waals surface area contributed by atoms with Gasteiger partial charge in [0, 0.05) is 12.5 Å². The summed E-state index contributed by atoms with van der Waals surface area (Å²) in [5.41, 5.74) is -0.318. The van der Waals surface area contributed by atoms with E-state index >= 15 is 0 Å². The summed E-state index contributed by atoms with van der Waals surface area (Å²) in [5.74, 6) is 1.38. The largest absolute Gasteiger partial charge is 0.504 e. The summed E-state index contributed by atoms with van der Waals surface area (Å²) in [5, 5.41) is 12.8. The average molecular weight is 309 g/mol. The van der Waals surface area contributed by atoms with Gasteiger partial charge in [0.05, 0.1) is 6.61 Å². The van der Waals surface area contributed by atoms with Crippen molar-refractivity contribution in [3.63, 3.8) is 0 Å². The van der Waals surface area contributed by atoms with Crippen LogP contribution in [-0.4, -0.2) is 36.9 Å². The fourth-order valence-corrected chi connectivity index (χ4v) is 2.00. The van der Waals surface area contributed by atoms with E-state index in [0.717, 1.165) is 13.1 Å². The maximum Gasteiger partial charge on any atom is 0.293 e. The molecule has 1 heterocycles. The molecule has 1 saturated heterocycles. The van der Waals surface area contributed by atoms with Crippen LogP contribution in [0.4, 0.5) is 0 Å². The molecule has 5 heteroatoms. The number of aromatic hydroxyl groups is 1. The van der Waals surface area contributed by atoms with Gasteiger partial charge in [0.2, 0.25) is 0 Å². The lowest BCUT2D eigenvalue weighted by molar-refractivity contribution is -0.138. The zero-order valence-electron chi connectivity index (χ0n) is 13.7. The highest BCUT2D eigenvalue weighted by Gasteiger charge is 2.14. The van der Waals surface area contributed by atoms with Crippen molar-refractivity contribution in [3.8, 4) is 11.5 Å². The van der Waals surface area contributed by atoms with Gasteiger partial charge in [-0.1, -0.05) is 12.1 Å². The first-order valence-electron chi connectivity index (χ1n) is 7.65. The molecule has 1 fully saturated rings. The molecule has 0 radical (unpaired) electrons. The Kier molecular flexibility index (Phi) is 7.74. The van der Waals surface area contributed by atoms with E-state index in [1.165, 1.54) is 12.8 Å². The van der Waals surface area contributed by atoms with Crippen molar-refractivity contribution in [2.45, 2.75) is 39.2 Å². The van der Waals surface area contributed by atoms with Crippen molar-refractivity contribution in [3.05, 3.63) is 24.3 Å². The number of carbonyl (C=O) groups excluding carboxylic acids is 1. The molecule has 1 unspecified atom stereocenters. The molecular weight excluding hydrogens is 282 g/mol. The van der Waals surface area contributed by atoms with Crippen LogP contribution in [0, 0.1) is 5.92 Å². The van der Waals surface area contributed by atoms with Crippen molar-refractivity contribution in [1.29, 1.82) is 0 Å². The first-order valence-corrected chi connectivity index (χ1v) is 7.65. The molecule has 0 bridgehead atoms. The van der Waals surface area contributed by atoms with Crippen molar-refractivity contribution in [2.75, 3.05) is 19.7 Å². The molecule has 5 nitrogen and oxygen atoms in total. The first-order chi connectivity index (χ1) is 10.4. The number of rotatable bonds is 4. The standard InChI is InChI=1S/C12H17NO2.C5H10O2/c14-11-5-1-2-6-12(11)15-9-10-4-3-7-13-8-10;1-5(2,3)7-4-6/h1-2,5-6,10,13-14H,3-4,7-9H2;4H,1-3H3. The lowest BCUT2D eigenvalue weighted by atomic mass is 10.0. The monoisotopic (exact) mass is 309 g/mol. The van der Waals surface area contributed by atoms with Crippen molar-refractivity contribution >= 4 is 6.47 Å². The highest BCUT2D eigenvalue weighted by atomic mass is 16.5. The molecular formula is C17H27NO4. The van der Waals surface area contributed by atoms with Gasteiger partial charge in [-0.2, -0.15) is 0 Å². The Bertz CT molecular complexity index is 437. The number of hydrogen-bond donors (Lipinski definition) is 2. The van der Waals surface area contributed by atoms with Crippen molar-refractivity contribution in [1.82, 2.24) is 5.32 Å². The van der Waals surface area contributed by atoms with E-state index in [9.17, 15) is 9.90 Å². The van der Waals surface area contributed by atoms with Gasteiger partial charge >= 0.3 is 0 Å². The average Bonchev–Trinajstić information content (AvgIpc) is 2.47. The fourth-order valence-electron chi connectivity index (χ4n) is 2.00. The van der Waals surface area contributed by atoms with E-state index in [-0.39, 0.29) is 11.4 Å². The van der Waals surface area contributed by atoms with Gasteiger partial charge in [0.1, 0.15) is 5.60 Å². The molecule has 22 heavy (non-hydrogen) atoms. The molecule has 0 saturated carbocycles. The Morgan fingerprint density at radius 2 is 2.09 bits per heavy atom. The molecule has 0 aliphatic carbocycles. The Morgan fingerprint density at radius 1 is 1.36 bits per heavy atom.